The van der Waals surface area contributed by atoms with Crippen molar-refractivity contribution in [2.45, 2.75) is 53.1 Å². The minimum absolute atomic E-state index is 0.171. The lowest BCUT2D eigenvalue weighted by Crippen LogP contribution is -2.25. The average Bonchev–Trinajstić information content (AvgIpc) is 2.25. The van der Waals surface area contributed by atoms with Crippen LogP contribution in [-0.2, 0) is 16.8 Å². The summed E-state index contributed by atoms with van der Waals surface area (Å²) in [5.41, 5.74) is 3.03. The Hall–Kier alpha value is -1.02. The van der Waals surface area contributed by atoms with Crippen molar-refractivity contribution in [2.75, 3.05) is 6.79 Å². The van der Waals surface area contributed by atoms with Gasteiger partial charge < -0.3 is 9.47 Å². The quantitative estimate of drug-likeness (QED) is 0.778. The van der Waals surface area contributed by atoms with Gasteiger partial charge in [0.1, 0.15) is 5.75 Å². The topological polar surface area (TPSA) is 18.5 Å². The maximum atomic E-state index is 5.47. The van der Waals surface area contributed by atoms with E-state index in [4.69, 9.17) is 9.47 Å². The molecule has 2 rings (SSSR count). The summed E-state index contributed by atoms with van der Waals surface area (Å²) in [5, 5.41) is 0. The molecule has 18 heavy (non-hydrogen) atoms. The summed E-state index contributed by atoms with van der Waals surface area (Å²) in [6.45, 7) is 12.5. The summed E-state index contributed by atoms with van der Waals surface area (Å²) in [6, 6.07) is 6.51. The smallest absolute Gasteiger partial charge is 0.189 e. The third-order valence-electron chi connectivity index (χ3n) is 3.37. The summed E-state index contributed by atoms with van der Waals surface area (Å²) in [6.07, 6.45) is 1.15. The summed E-state index contributed by atoms with van der Waals surface area (Å²) in [4.78, 5) is 0. The lowest BCUT2D eigenvalue weighted by atomic mass is 9.72. The molecular weight excluding hydrogens is 224 g/mol. The van der Waals surface area contributed by atoms with E-state index in [1.807, 2.05) is 0 Å². The molecule has 0 fully saturated rings. The van der Waals surface area contributed by atoms with Crippen LogP contribution in [0.2, 0.25) is 0 Å². The van der Waals surface area contributed by atoms with E-state index in [1.54, 1.807) is 0 Å². The van der Waals surface area contributed by atoms with Crippen LogP contribution in [0, 0.1) is 5.41 Å². The predicted molar refractivity (Wildman–Crippen MR) is 73.8 cm³/mol. The SMILES string of the molecule is CC(C)(C)CC(C)(C)c1ccc2c(c1)COCO2. The average molecular weight is 248 g/mol. The van der Waals surface area contributed by atoms with Crippen molar-refractivity contribution in [3.05, 3.63) is 29.3 Å². The van der Waals surface area contributed by atoms with Gasteiger partial charge in [-0.3, -0.25) is 0 Å². The van der Waals surface area contributed by atoms with Gasteiger partial charge in [0.2, 0.25) is 0 Å². The molecule has 0 aromatic heterocycles. The first-order valence-electron chi connectivity index (χ1n) is 6.62. The molecule has 0 amide bonds. The molecule has 0 aliphatic carbocycles. The Kier molecular flexibility index (Phi) is 3.41. The van der Waals surface area contributed by atoms with Crippen molar-refractivity contribution in [1.82, 2.24) is 0 Å². The zero-order valence-electron chi connectivity index (χ0n) is 12.2. The third kappa shape index (κ3) is 3.05. The Bertz CT molecular complexity index is 427. The normalized spacial score (nSPS) is 16.1. The highest BCUT2D eigenvalue weighted by molar-refractivity contribution is 5.40. The lowest BCUT2D eigenvalue weighted by Gasteiger charge is -2.33. The van der Waals surface area contributed by atoms with Gasteiger partial charge in [0.15, 0.2) is 6.79 Å². The van der Waals surface area contributed by atoms with Crippen LogP contribution in [0.3, 0.4) is 0 Å². The van der Waals surface area contributed by atoms with Gasteiger partial charge in [-0.2, -0.15) is 0 Å². The number of rotatable bonds is 2. The molecule has 0 N–H and O–H groups in total. The summed E-state index contributed by atoms with van der Waals surface area (Å²) in [7, 11) is 0. The van der Waals surface area contributed by atoms with Crippen LogP contribution in [0.4, 0.5) is 0 Å². The monoisotopic (exact) mass is 248 g/mol. The molecule has 0 atom stereocenters. The summed E-state index contributed by atoms with van der Waals surface area (Å²) in [5.74, 6) is 0.969. The highest BCUT2D eigenvalue weighted by atomic mass is 16.7. The minimum Gasteiger partial charge on any atom is -0.467 e. The van der Waals surface area contributed by atoms with E-state index in [2.05, 4.69) is 52.8 Å². The molecule has 1 aliphatic rings. The van der Waals surface area contributed by atoms with E-state index >= 15 is 0 Å². The highest BCUT2D eigenvalue weighted by Gasteiger charge is 2.28. The molecular formula is C16H24O2. The second kappa shape index (κ2) is 4.58. The summed E-state index contributed by atoms with van der Waals surface area (Å²) >= 11 is 0. The van der Waals surface area contributed by atoms with Crippen molar-refractivity contribution >= 4 is 0 Å². The van der Waals surface area contributed by atoms with Crippen molar-refractivity contribution in [2.24, 2.45) is 5.41 Å². The van der Waals surface area contributed by atoms with Crippen molar-refractivity contribution in [1.29, 1.82) is 0 Å². The first kappa shape index (κ1) is 13.4. The number of benzene rings is 1. The van der Waals surface area contributed by atoms with Crippen LogP contribution in [0.5, 0.6) is 5.75 Å². The fourth-order valence-corrected chi connectivity index (χ4v) is 2.94. The van der Waals surface area contributed by atoms with Crippen LogP contribution in [0.15, 0.2) is 18.2 Å². The number of hydrogen-bond donors (Lipinski definition) is 0. The van der Waals surface area contributed by atoms with Gasteiger partial charge in [0.25, 0.3) is 0 Å². The van der Waals surface area contributed by atoms with Gasteiger partial charge >= 0.3 is 0 Å². The van der Waals surface area contributed by atoms with E-state index < -0.39 is 0 Å². The molecule has 1 heterocycles. The molecule has 0 unspecified atom stereocenters. The van der Waals surface area contributed by atoms with E-state index in [1.165, 1.54) is 11.1 Å². The van der Waals surface area contributed by atoms with Gasteiger partial charge in [-0.15, -0.1) is 0 Å². The number of ether oxygens (including phenoxy) is 2. The van der Waals surface area contributed by atoms with Crippen molar-refractivity contribution in [3.63, 3.8) is 0 Å². The van der Waals surface area contributed by atoms with Crippen LogP contribution in [-0.4, -0.2) is 6.79 Å². The Morgan fingerprint density at radius 1 is 1.11 bits per heavy atom. The third-order valence-corrected chi connectivity index (χ3v) is 3.37. The van der Waals surface area contributed by atoms with Crippen molar-refractivity contribution in [3.8, 4) is 5.75 Å². The zero-order valence-corrected chi connectivity index (χ0v) is 12.2. The second-order valence-electron chi connectivity index (χ2n) is 7.05. The fourth-order valence-electron chi connectivity index (χ4n) is 2.94. The molecule has 1 aromatic rings. The molecule has 0 saturated carbocycles. The Labute approximate surface area is 110 Å². The van der Waals surface area contributed by atoms with E-state index in [0.717, 1.165) is 12.2 Å². The molecule has 2 heteroatoms. The van der Waals surface area contributed by atoms with Crippen LogP contribution in [0.25, 0.3) is 0 Å². The van der Waals surface area contributed by atoms with Crippen LogP contribution >= 0.6 is 0 Å². The van der Waals surface area contributed by atoms with Gasteiger partial charge in [-0.1, -0.05) is 40.7 Å². The standard InChI is InChI=1S/C16H24O2/c1-15(2,3)10-16(4,5)13-6-7-14-12(8-13)9-17-11-18-14/h6-8H,9-11H2,1-5H3. The number of fused-ring (bicyclic) bond motifs is 1. The lowest BCUT2D eigenvalue weighted by molar-refractivity contribution is -0.0164. The highest BCUT2D eigenvalue weighted by Crippen LogP contribution is 2.38. The molecule has 100 valence electrons. The Morgan fingerprint density at radius 2 is 1.83 bits per heavy atom. The molecule has 0 spiro atoms. The van der Waals surface area contributed by atoms with Gasteiger partial charge in [-0.25, -0.2) is 0 Å². The maximum absolute atomic E-state index is 5.47. The molecule has 1 aromatic carbocycles. The largest absolute Gasteiger partial charge is 0.467 e. The first-order valence-corrected chi connectivity index (χ1v) is 6.62. The predicted octanol–water partition coefficient (Wildman–Crippen LogP) is 4.27. The second-order valence-corrected chi connectivity index (χ2v) is 7.05. The molecule has 1 aliphatic heterocycles. The van der Waals surface area contributed by atoms with Gasteiger partial charge in [0, 0.05) is 5.56 Å². The number of hydrogen-bond acceptors (Lipinski definition) is 2. The van der Waals surface area contributed by atoms with Gasteiger partial charge in [-0.05, 0) is 34.9 Å². The molecule has 0 bridgehead atoms. The van der Waals surface area contributed by atoms with E-state index in [9.17, 15) is 0 Å². The molecule has 0 radical (unpaired) electrons. The Morgan fingerprint density at radius 3 is 2.50 bits per heavy atom. The zero-order chi connectivity index (χ0) is 13.4. The first-order chi connectivity index (χ1) is 8.28. The Balaban J connectivity index is 2.27. The van der Waals surface area contributed by atoms with E-state index in [0.29, 0.717) is 18.8 Å². The van der Waals surface area contributed by atoms with Crippen LogP contribution < -0.4 is 4.74 Å². The van der Waals surface area contributed by atoms with Gasteiger partial charge in [0.05, 0.1) is 6.61 Å². The van der Waals surface area contributed by atoms with E-state index in [-0.39, 0.29) is 5.41 Å². The fraction of sp³-hybridized carbons (Fsp3) is 0.625. The minimum atomic E-state index is 0.171. The molecule has 2 nitrogen and oxygen atoms in total. The van der Waals surface area contributed by atoms with Crippen molar-refractivity contribution < 1.29 is 9.47 Å². The van der Waals surface area contributed by atoms with Crippen LogP contribution in [0.1, 0.15) is 52.2 Å². The maximum Gasteiger partial charge on any atom is 0.189 e. The molecule has 0 saturated heterocycles. The summed E-state index contributed by atoms with van der Waals surface area (Å²) < 4.78 is 10.8.